The SMILES string of the molecule is O=C(Nc1ccc(C(F)(F)F)nc1)C1=C(O)CC(Cc2ccccc2)NC1=O. The predicted molar refractivity (Wildman–Crippen MR) is 94.2 cm³/mol. The molecule has 1 aliphatic rings. The number of amides is 2. The quantitative estimate of drug-likeness (QED) is 0.699. The van der Waals surface area contributed by atoms with Crippen LogP contribution in [0, 0.1) is 0 Å². The number of pyridine rings is 1. The highest BCUT2D eigenvalue weighted by Crippen LogP contribution is 2.28. The van der Waals surface area contributed by atoms with Crippen LogP contribution < -0.4 is 10.6 Å². The fraction of sp³-hybridized carbons (Fsp3) is 0.211. The number of anilines is 1. The zero-order valence-corrected chi connectivity index (χ0v) is 14.5. The van der Waals surface area contributed by atoms with Gasteiger partial charge in [-0.15, -0.1) is 0 Å². The molecule has 0 fully saturated rings. The standard InChI is InChI=1S/C19H16F3N3O3/c20-19(21,22)15-7-6-12(10-23-15)24-17(27)16-14(26)9-13(25-18(16)28)8-11-4-2-1-3-5-11/h1-7,10,13,26H,8-9H2,(H,24,27)(H,25,28). The van der Waals surface area contributed by atoms with Crippen LogP contribution in [0.2, 0.25) is 0 Å². The van der Waals surface area contributed by atoms with E-state index in [0.29, 0.717) is 12.5 Å². The summed E-state index contributed by atoms with van der Waals surface area (Å²) in [5.74, 6) is -2.04. The lowest BCUT2D eigenvalue weighted by molar-refractivity contribution is -0.141. The number of aliphatic hydroxyl groups excluding tert-OH is 1. The van der Waals surface area contributed by atoms with Crippen molar-refractivity contribution in [1.82, 2.24) is 10.3 Å². The van der Waals surface area contributed by atoms with Crippen LogP contribution in [-0.2, 0) is 22.2 Å². The van der Waals surface area contributed by atoms with Crippen molar-refractivity contribution in [3.63, 3.8) is 0 Å². The summed E-state index contributed by atoms with van der Waals surface area (Å²) in [7, 11) is 0. The summed E-state index contributed by atoms with van der Waals surface area (Å²) >= 11 is 0. The molecule has 0 aliphatic carbocycles. The van der Waals surface area contributed by atoms with Gasteiger partial charge in [-0.2, -0.15) is 13.2 Å². The third kappa shape index (κ3) is 4.48. The Hall–Kier alpha value is -3.36. The molecule has 2 aromatic rings. The molecule has 1 aromatic carbocycles. The molecule has 0 saturated carbocycles. The van der Waals surface area contributed by atoms with Gasteiger partial charge in [0.05, 0.1) is 11.9 Å². The number of nitrogens with zero attached hydrogens (tertiary/aromatic N) is 1. The van der Waals surface area contributed by atoms with Crippen LogP contribution >= 0.6 is 0 Å². The average molecular weight is 391 g/mol. The number of nitrogens with one attached hydrogen (secondary N) is 2. The number of halogens is 3. The first-order chi connectivity index (χ1) is 13.2. The van der Waals surface area contributed by atoms with E-state index in [9.17, 15) is 27.9 Å². The number of aromatic nitrogens is 1. The molecule has 1 unspecified atom stereocenters. The van der Waals surface area contributed by atoms with Gasteiger partial charge in [0, 0.05) is 12.5 Å². The maximum Gasteiger partial charge on any atom is 0.433 e. The normalized spacial score (nSPS) is 17.2. The molecule has 6 nitrogen and oxygen atoms in total. The molecule has 28 heavy (non-hydrogen) atoms. The van der Waals surface area contributed by atoms with E-state index in [-0.39, 0.29) is 23.9 Å². The number of aliphatic hydroxyl groups is 1. The predicted octanol–water partition coefficient (Wildman–Crippen LogP) is 2.98. The Kier molecular flexibility index (Phi) is 5.34. The number of alkyl halides is 3. The lowest BCUT2D eigenvalue weighted by Crippen LogP contribution is -2.44. The zero-order chi connectivity index (χ0) is 20.3. The number of carbonyl (C=O) groups excluding carboxylic acids is 2. The van der Waals surface area contributed by atoms with E-state index in [0.717, 1.165) is 17.8 Å². The molecule has 0 bridgehead atoms. The van der Waals surface area contributed by atoms with E-state index in [2.05, 4.69) is 15.6 Å². The van der Waals surface area contributed by atoms with Crippen molar-refractivity contribution < 1.29 is 27.9 Å². The minimum Gasteiger partial charge on any atom is -0.511 e. The Labute approximate surface area is 158 Å². The second-order valence-corrected chi connectivity index (χ2v) is 6.27. The van der Waals surface area contributed by atoms with Gasteiger partial charge in [-0.3, -0.25) is 9.59 Å². The zero-order valence-electron chi connectivity index (χ0n) is 14.5. The molecule has 1 aromatic heterocycles. The van der Waals surface area contributed by atoms with E-state index in [1.165, 1.54) is 0 Å². The number of rotatable bonds is 4. The van der Waals surface area contributed by atoms with Crippen molar-refractivity contribution in [2.75, 3.05) is 5.32 Å². The maximum atomic E-state index is 12.5. The summed E-state index contributed by atoms with van der Waals surface area (Å²) in [6.45, 7) is 0. The van der Waals surface area contributed by atoms with E-state index in [1.54, 1.807) is 0 Å². The van der Waals surface area contributed by atoms with Crippen LogP contribution in [0.1, 0.15) is 17.7 Å². The van der Waals surface area contributed by atoms with Crippen molar-refractivity contribution in [3.8, 4) is 0 Å². The Bertz CT molecular complexity index is 910. The molecule has 0 radical (unpaired) electrons. The van der Waals surface area contributed by atoms with Gasteiger partial charge in [-0.05, 0) is 24.1 Å². The van der Waals surface area contributed by atoms with Crippen molar-refractivity contribution in [2.24, 2.45) is 0 Å². The Balaban J connectivity index is 1.69. The van der Waals surface area contributed by atoms with Crippen LogP contribution in [0.4, 0.5) is 18.9 Å². The highest BCUT2D eigenvalue weighted by atomic mass is 19.4. The molecule has 3 rings (SSSR count). The molecule has 146 valence electrons. The van der Waals surface area contributed by atoms with Crippen molar-refractivity contribution in [3.05, 3.63) is 71.3 Å². The van der Waals surface area contributed by atoms with Gasteiger partial charge in [0.1, 0.15) is 17.0 Å². The lowest BCUT2D eigenvalue weighted by atomic mass is 9.96. The van der Waals surface area contributed by atoms with E-state index >= 15 is 0 Å². The fourth-order valence-electron chi connectivity index (χ4n) is 2.86. The first kappa shape index (κ1) is 19.4. The molecule has 1 atom stereocenters. The summed E-state index contributed by atoms with van der Waals surface area (Å²) in [6.07, 6.45) is -3.22. The summed E-state index contributed by atoms with van der Waals surface area (Å²) < 4.78 is 37.6. The summed E-state index contributed by atoms with van der Waals surface area (Å²) in [5, 5.41) is 15.1. The highest BCUT2D eigenvalue weighted by Gasteiger charge is 2.33. The van der Waals surface area contributed by atoms with Gasteiger partial charge in [0.15, 0.2) is 0 Å². The van der Waals surface area contributed by atoms with Crippen LogP contribution in [0.25, 0.3) is 0 Å². The van der Waals surface area contributed by atoms with Crippen molar-refractivity contribution in [2.45, 2.75) is 25.1 Å². The van der Waals surface area contributed by atoms with Gasteiger partial charge in [0.25, 0.3) is 11.8 Å². The van der Waals surface area contributed by atoms with Gasteiger partial charge in [0.2, 0.25) is 0 Å². The topological polar surface area (TPSA) is 91.3 Å². The number of benzene rings is 1. The average Bonchev–Trinajstić information content (AvgIpc) is 2.61. The van der Waals surface area contributed by atoms with Crippen LogP contribution in [-0.4, -0.2) is 27.9 Å². The number of hydrogen-bond donors (Lipinski definition) is 3. The van der Waals surface area contributed by atoms with Crippen molar-refractivity contribution in [1.29, 1.82) is 0 Å². The van der Waals surface area contributed by atoms with E-state index < -0.39 is 29.3 Å². The second kappa shape index (κ2) is 7.71. The maximum absolute atomic E-state index is 12.5. The minimum absolute atomic E-state index is 0.0301. The molecule has 9 heteroatoms. The van der Waals surface area contributed by atoms with Gasteiger partial charge >= 0.3 is 6.18 Å². The Morgan fingerprint density at radius 1 is 1.21 bits per heavy atom. The summed E-state index contributed by atoms with van der Waals surface area (Å²) in [5.41, 5.74) is -0.641. The molecular weight excluding hydrogens is 375 g/mol. The number of hydrogen-bond acceptors (Lipinski definition) is 4. The van der Waals surface area contributed by atoms with Crippen molar-refractivity contribution >= 4 is 17.5 Å². The summed E-state index contributed by atoms with van der Waals surface area (Å²) in [6, 6.07) is 10.7. The molecule has 3 N–H and O–H groups in total. The molecule has 0 spiro atoms. The smallest absolute Gasteiger partial charge is 0.433 e. The first-order valence-electron chi connectivity index (χ1n) is 8.35. The largest absolute Gasteiger partial charge is 0.511 e. The third-order valence-electron chi connectivity index (χ3n) is 4.15. The molecule has 1 aliphatic heterocycles. The molecule has 2 amide bonds. The van der Waals surface area contributed by atoms with Gasteiger partial charge < -0.3 is 15.7 Å². The molecular formula is C19H16F3N3O3. The lowest BCUT2D eigenvalue weighted by Gasteiger charge is -2.25. The van der Waals surface area contributed by atoms with Crippen LogP contribution in [0.5, 0.6) is 0 Å². The Morgan fingerprint density at radius 2 is 1.93 bits per heavy atom. The molecule has 0 saturated heterocycles. The van der Waals surface area contributed by atoms with Crippen LogP contribution in [0.3, 0.4) is 0 Å². The second-order valence-electron chi connectivity index (χ2n) is 6.27. The number of carbonyl (C=O) groups is 2. The monoisotopic (exact) mass is 391 g/mol. The first-order valence-corrected chi connectivity index (χ1v) is 8.35. The molecule has 2 heterocycles. The van der Waals surface area contributed by atoms with Crippen LogP contribution in [0.15, 0.2) is 60.0 Å². The van der Waals surface area contributed by atoms with Gasteiger partial charge in [-0.1, -0.05) is 30.3 Å². The van der Waals surface area contributed by atoms with E-state index in [1.807, 2.05) is 30.3 Å². The fourth-order valence-corrected chi connectivity index (χ4v) is 2.86. The third-order valence-corrected chi connectivity index (χ3v) is 4.15. The summed E-state index contributed by atoms with van der Waals surface area (Å²) in [4.78, 5) is 27.8. The van der Waals surface area contributed by atoms with E-state index in [4.69, 9.17) is 0 Å². The minimum atomic E-state index is -4.60. The van der Waals surface area contributed by atoms with Gasteiger partial charge in [-0.25, -0.2) is 4.98 Å². The Morgan fingerprint density at radius 3 is 2.50 bits per heavy atom. The highest BCUT2D eigenvalue weighted by molar-refractivity contribution is 6.23.